The molecule has 2 aromatic carbocycles. The normalized spacial score (nSPS) is 24.7. The molecule has 3 N–H and O–H groups in total. The summed E-state index contributed by atoms with van der Waals surface area (Å²) in [6, 6.07) is 16.7. The summed E-state index contributed by atoms with van der Waals surface area (Å²) in [4.78, 5) is 21.5. The zero-order valence-electron chi connectivity index (χ0n) is 30.7. The third kappa shape index (κ3) is 13.3. The van der Waals surface area contributed by atoms with Crippen molar-refractivity contribution in [1.82, 2.24) is 15.1 Å². The van der Waals surface area contributed by atoms with Gasteiger partial charge in [-0.3, -0.25) is 14.6 Å². The summed E-state index contributed by atoms with van der Waals surface area (Å²) in [5.74, 6) is 1.42. The second kappa shape index (κ2) is 20.7. The number of benzene rings is 2. The van der Waals surface area contributed by atoms with Gasteiger partial charge in [0.15, 0.2) is 0 Å². The standard InChI is InChI=1S/C23H33FN4O.C18H28FN3/c24-20-4-3-5-22(18-20)28-16-14-27(15-17-28)13-11-19-7-9-21(10-8-19)26-23(29)6-1-2-12-25;19-16-2-1-3-18(14-16)22-12-10-21(11-13-22)9-8-15-4-6-17(20)7-5-15/h3-5,18-19,21H,1-2,6-11,13-17H2,(H,26,29);1-3,14-15,17H,4-13,20H2. The third-order valence-electron chi connectivity index (χ3n) is 11.6. The molecule has 2 aliphatic carbocycles. The van der Waals surface area contributed by atoms with Crippen molar-refractivity contribution in [1.29, 1.82) is 5.26 Å². The van der Waals surface area contributed by atoms with E-state index in [1.807, 2.05) is 12.1 Å². The highest BCUT2D eigenvalue weighted by atomic mass is 19.1. The minimum absolute atomic E-state index is 0.0971. The number of hydrogen-bond donors (Lipinski definition) is 2. The van der Waals surface area contributed by atoms with Crippen molar-refractivity contribution >= 4 is 17.3 Å². The number of nitriles is 1. The van der Waals surface area contributed by atoms with Crippen LogP contribution in [0.4, 0.5) is 20.2 Å². The molecule has 280 valence electrons. The first-order valence-electron chi connectivity index (χ1n) is 19.7. The van der Waals surface area contributed by atoms with Gasteiger partial charge in [0.25, 0.3) is 0 Å². The van der Waals surface area contributed by atoms with Crippen molar-refractivity contribution in [3.8, 4) is 6.07 Å². The number of halogens is 2. The number of rotatable bonds is 12. The maximum atomic E-state index is 13.4. The number of anilines is 2. The van der Waals surface area contributed by atoms with Crippen LogP contribution in [-0.4, -0.2) is 93.2 Å². The first-order valence-corrected chi connectivity index (χ1v) is 19.7. The first kappa shape index (κ1) is 39.0. The van der Waals surface area contributed by atoms with E-state index in [0.29, 0.717) is 31.3 Å². The Hall–Kier alpha value is -3.26. The van der Waals surface area contributed by atoms with Gasteiger partial charge in [0, 0.05) is 88.7 Å². The van der Waals surface area contributed by atoms with Gasteiger partial charge in [0.05, 0.1) is 6.07 Å². The summed E-state index contributed by atoms with van der Waals surface area (Å²) in [5, 5.41) is 11.7. The molecule has 10 heteroatoms. The minimum Gasteiger partial charge on any atom is -0.369 e. The van der Waals surface area contributed by atoms with Crippen LogP contribution in [0.25, 0.3) is 0 Å². The van der Waals surface area contributed by atoms with E-state index in [1.165, 1.54) is 70.0 Å². The van der Waals surface area contributed by atoms with Crippen LogP contribution >= 0.6 is 0 Å². The van der Waals surface area contributed by atoms with E-state index in [-0.39, 0.29) is 17.5 Å². The average molecular weight is 706 g/mol. The number of nitrogens with two attached hydrogens (primary N) is 1. The van der Waals surface area contributed by atoms with E-state index in [9.17, 15) is 13.6 Å². The Labute approximate surface area is 305 Å². The number of nitrogens with one attached hydrogen (secondary N) is 1. The van der Waals surface area contributed by atoms with E-state index in [2.05, 4.69) is 31.0 Å². The molecule has 0 aromatic heterocycles. The molecule has 2 saturated carbocycles. The zero-order valence-corrected chi connectivity index (χ0v) is 30.7. The maximum Gasteiger partial charge on any atom is 0.220 e. The van der Waals surface area contributed by atoms with Crippen LogP contribution in [-0.2, 0) is 4.79 Å². The fourth-order valence-corrected chi connectivity index (χ4v) is 8.24. The smallest absolute Gasteiger partial charge is 0.220 e. The van der Waals surface area contributed by atoms with Gasteiger partial charge in [-0.25, -0.2) is 8.78 Å². The molecule has 0 unspecified atom stereocenters. The Kier molecular flexibility index (Phi) is 15.8. The molecule has 1 amide bonds. The lowest BCUT2D eigenvalue weighted by atomic mass is 9.84. The summed E-state index contributed by atoms with van der Waals surface area (Å²) in [6.07, 6.45) is 13.7. The summed E-state index contributed by atoms with van der Waals surface area (Å²) >= 11 is 0. The summed E-state index contributed by atoms with van der Waals surface area (Å²) in [6.45, 7) is 10.5. The number of nitrogens with zero attached hydrogens (tertiary/aromatic N) is 5. The predicted molar refractivity (Wildman–Crippen MR) is 203 cm³/mol. The Balaban J connectivity index is 0.000000205. The van der Waals surface area contributed by atoms with Gasteiger partial charge in [-0.15, -0.1) is 0 Å². The number of carbonyl (C=O) groups is 1. The fourth-order valence-electron chi connectivity index (χ4n) is 8.24. The van der Waals surface area contributed by atoms with Gasteiger partial charge in [0.1, 0.15) is 11.6 Å². The SMILES string of the molecule is N#CCCCC(=O)NC1CCC(CCN2CCN(c3cccc(F)c3)CC2)CC1.NC1CCC(CCN2CCN(c3cccc(F)c3)CC2)CC1. The van der Waals surface area contributed by atoms with Crippen molar-refractivity contribution in [3.05, 3.63) is 60.2 Å². The number of unbranched alkanes of at least 4 members (excludes halogenated alkanes) is 1. The molecule has 4 fully saturated rings. The summed E-state index contributed by atoms with van der Waals surface area (Å²) in [5.41, 5.74) is 7.97. The number of hydrogen-bond acceptors (Lipinski definition) is 7. The van der Waals surface area contributed by atoms with Gasteiger partial charge in [-0.1, -0.05) is 12.1 Å². The molecule has 2 aromatic rings. The number of piperazine rings is 2. The number of amides is 1. The predicted octanol–water partition coefficient (Wildman–Crippen LogP) is 6.56. The van der Waals surface area contributed by atoms with Crippen molar-refractivity contribution in [2.24, 2.45) is 17.6 Å². The van der Waals surface area contributed by atoms with Gasteiger partial charge in [-0.2, -0.15) is 5.26 Å². The molecule has 8 nitrogen and oxygen atoms in total. The van der Waals surface area contributed by atoms with Gasteiger partial charge < -0.3 is 20.9 Å². The topological polar surface area (TPSA) is 91.9 Å². The Morgan fingerprint density at radius 2 is 1.20 bits per heavy atom. The molecule has 0 radical (unpaired) electrons. The fraction of sp³-hybridized carbons (Fsp3) is 0.659. The summed E-state index contributed by atoms with van der Waals surface area (Å²) in [7, 11) is 0. The van der Waals surface area contributed by atoms with Crippen LogP contribution in [0.1, 0.15) is 83.5 Å². The molecule has 2 saturated heterocycles. The van der Waals surface area contributed by atoms with Crippen LogP contribution in [0.5, 0.6) is 0 Å². The molecule has 0 spiro atoms. The highest BCUT2D eigenvalue weighted by Crippen LogP contribution is 2.28. The lowest BCUT2D eigenvalue weighted by molar-refractivity contribution is -0.122. The van der Waals surface area contributed by atoms with Crippen molar-refractivity contribution in [2.75, 3.05) is 75.2 Å². The molecule has 4 aliphatic rings. The van der Waals surface area contributed by atoms with Crippen LogP contribution in [0.15, 0.2) is 48.5 Å². The maximum absolute atomic E-state index is 13.4. The van der Waals surface area contributed by atoms with Crippen molar-refractivity contribution in [2.45, 2.75) is 95.6 Å². The van der Waals surface area contributed by atoms with E-state index in [4.69, 9.17) is 11.0 Å². The van der Waals surface area contributed by atoms with E-state index in [0.717, 1.165) is 95.0 Å². The van der Waals surface area contributed by atoms with Crippen LogP contribution < -0.4 is 20.9 Å². The van der Waals surface area contributed by atoms with Crippen LogP contribution in [0.3, 0.4) is 0 Å². The van der Waals surface area contributed by atoms with Gasteiger partial charge in [0.2, 0.25) is 5.91 Å². The minimum atomic E-state index is -0.168. The molecule has 51 heavy (non-hydrogen) atoms. The highest BCUT2D eigenvalue weighted by Gasteiger charge is 2.25. The van der Waals surface area contributed by atoms with E-state index in [1.54, 1.807) is 24.3 Å². The highest BCUT2D eigenvalue weighted by molar-refractivity contribution is 5.76. The molecule has 0 bridgehead atoms. The third-order valence-corrected chi connectivity index (χ3v) is 11.6. The second-order valence-electron chi connectivity index (χ2n) is 15.3. The van der Waals surface area contributed by atoms with E-state index < -0.39 is 0 Å². The molecule has 6 rings (SSSR count). The van der Waals surface area contributed by atoms with Gasteiger partial charge >= 0.3 is 0 Å². The number of carbonyl (C=O) groups excluding carboxylic acids is 1. The largest absolute Gasteiger partial charge is 0.369 e. The quantitative estimate of drug-likeness (QED) is 0.242. The Morgan fingerprint density at radius 1 is 0.725 bits per heavy atom. The average Bonchev–Trinajstić information content (AvgIpc) is 3.15. The van der Waals surface area contributed by atoms with Crippen LogP contribution in [0.2, 0.25) is 0 Å². The molecule has 2 aliphatic heterocycles. The lowest BCUT2D eigenvalue weighted by Gasteiger charge is -2.37. The van der Waals surface area contributed by atoms with E-state index >= 15 is 0 Å². The van der Waals surface area contributed by atoms with Crippen molar-refractivity contribution < 1.29 is 13.6 Å². The lowest BCUT2D eigenvalue weighted by Crippen LogP contribution is -2.47. The zero-order chi connectivity index (χ0) is 35.8. The first-order chi connectivity index (χ1) is 24.8. The monoisotopic (exact) mass is 705 g/mol. The summed E-state index contributed by atoms with van der Waals surface area (Å²) < 4.78 is 26.7. The molecule has 2 heterocycles. The van der Waals surface area contributed by atoms with Crippen LogP contribution in [0, 0.1) is 34.8 Å². The Morgan fingerprint density at radius 3 is 1.65 bits per heavy atom. The molecular weight excluding hydrogens is 644 g/mol. The Bertz CT molecular complexity index is 1360. The molecule has 0 atom stereocenters. The second-order valence-corrected chi connectivity index (χ2v) is 15.3. The van der Waals surface area contributed by atoms with Crippen molar-refractivity contribution in [3.63, 3.8) is 0 Å². The molecular formula is C41H61F2N7O. The van der Waals surface area contributed by atoms with Gasteiger partial charge in [-0.05, 0) is 132 Å².